The van der Waals surface area contributed by atoms with Gasteiger partial charge in [-0.2, -0.15) is 0 Å². The van der Waals surface area contributed by atoms with E-state index in [9.17, 15) is 0 Å². The first kappa shape index (κ1) is 12.0. The Balaban J connectivity index is 1.95. The molecule has 0 aliphatic carbocycles. The standard InChI is InChI=1S/C15H11N5S/c16-14-13(10-4-3-6-17-8-10)19-15-20(14)12(9-21-15)11-5-1-2-7-18-11/h1-9H,16H2. The van der Waals surface area contributed by atoms with Crippen LogP contribution in [0.5, 0.6) is 0 Å². The summed E-state index contributed by atoms with van der Waals surface area (Å²) in [6.45, 7) is 0. The second-order valence-electron chi connectivity index (χ2n) is 4.54. The minimum atomic E-state index is 0.611. The van der Waals surface area contributed by atoms with Crippen LogP contribution in [0.3, 0.4) is 0 Å². The number of pyridine rings is 2. The molecule has 0 saturated heterocycles. The zero-order chi connectivity index (χ0) is 14.2. The van der Waals surface area contributed by atoms with Crippen molar-refractivity contribution >= 4 is 22.1 Å². The molecule has 4 rings (SSSR count). The van der Waals surface area contributed by atoms with Crippen molar-refractivity contribution in [3.63, 3.8) is 0 Å². The second-order valence-corrected chi connectivity index (χ2v) is 5.38. The third kappa shape index (κ3) is 1.88. The minimum Gasteiger partial charge on any atom is -0.383 e. The van der Waals surface area contributed by atoms with Crippen molar-refractivity contribution in [1.82, 2.24) is 19.4 Å². The Morgan fingerprint density at radius 3 is 2.81 bits per heavy atom. The molecule has 0 fully saturated rings. The average molecular weight is 293 g/mol. The summed E-state index contributed by atoms with van der Waals surface area (Å²) in [5.41, 5.74) is 9.81. The molecule has 0 aliphatic rings. The fourth-order valence-electron chi connectivity index (χ4n) is 2.29. The van der Waals surface area contributed by atoms with Gasteiger partial charge in [0, 0.05) is 29.5 Å². The van der Waals surface area contributed by atoms with Gasteiger partial charge in [0.2, 0.25) is 0 Å². The molecule has 4 heterocycles. The monoisotopic (exact) mass is 293 g/mol. The van der Waals surface area contributed by atoms with Crippen LogP contribution in [0.2, 0.25) is 0 Å². The van der Waals surface area contributed by atoms with Crippen LogP contribution < -0.4 is 5.73 Å². The maximum atomic E-state index is 6.31. The molecule has 0 atom stereocenters. The Morgan fingerprint density at radius 1 is 1.10 bits per heavy atom. The predicted molar refractivity (Wildman–Crippen MR) is 83.9 cm³/mol. The van der Waals surface area contributed by atoms with E-state index in [4.69, 9.17) is 5.73 Å². The van der Waals surface area contributed by atoms with Crippen LogP contribution in [0.25, 0.3) is 27.6 Å². The van der Waals surface area contributed by atoms with E-state index in [-0.39, 0.29) is 0 Å². The second kappa shape index (κ2) is 4.68. The summed E-state index contributed by atoms with van der Waals surface area (Å²) in [4.78, 5) is 14.0. The molecule has 0 bridgehead atoms. The van der Waals surface area contributed by atoms with E-state index in [0.717, 1.165) is 27.6 Å². The number of nitrogens with zero attached hydrogens (tertiary/aromatic N) is 4. The van der Waals surface area contributed by atoms with Gasteiger partial charge in [0.25, 0.3) is 0 Å². The van der Waals surface area contributed by atoms with Crippen molar-refractivity contribution in [2.45, 2.75) is 0 Å². The molecular weight excluding hydrogens is 282 g/mol. The number of aromatic nitrogens is 4. The first-order valence-corrected chi connectivity index (χ1v) is 7.30. The number of anilines is 1. The zero-order valence-electron chi connectivity index (χ0n) is 11.0. The van der Waals surface area contributed by atoms with E-state index in [1.54, 1.807) is 29.9 Å². The van der Waals surface area contributed by atoms with Gasteiger partial charge < -0.3 is 5.73 Å². The van der Waals surface area contributed by atoms with Crippen LogP contribution in [0.4, 0.5) is 5.82 Å². The highest BCUT2D eigenvalue weighted by Gasteiger charge is 2.17. The molecule has 4 aromatic heterocycles. The van der Waals surface area contributed by atoms with Crippen molar-refractivity contribution in [3.8, 4) is 22.6 Å². The highest BCUT2D eigenvalue weighted by atomic mass is 32.1. The summed E-state index contributed by atoms with van der Waals surface area (Å²) in [7, 11) is 0. The van der Waals surface area contributed by atoms with Gasteiger partial charge in [-0.3, -0.25) is 14.4 Å². The molecule has 0 unspecified atom stereocenters. The molecule has 0 amide bonds. The van der Waals surface area contributed by atoms with E-state index >= 15 is 0 Å². The Kier molecular flexibility index (Phi) is 2.68. The van der Waals surface area contributed by atoms with Gasteiger partial charge in [0.05, 0.1) is 11.4 Å². The number of fused-ring (bicyclic) bond motifs is 1. The SMILES string of the molecule is Nc1c(-c2cccnc2)nc2scc(-c3ccccn3)n12. The Bertz CT molecular complexity index is 896. The first-order valence-electron chi connectivity index (χ1n) is 6.42. The van der Waals surface area contributed by atoms with Crippen LogP contribution in [-0.4, -0.2) is 19.4 Å². The van der Waals surface area contributed by atoms with Crippen molar-refractivity contribution in [2.75, 3.05) is 5.73 Å². The molecule has 2 N–H and O–H groups in total. The number of nitrogen functional groups attached to an aromatic ring is 1. The van der Waals surface area contributed by atoms with Crippen LogP contribution in [0.15, 0.2) is 54.3 Å². The molecular formula is C15H11N5S. The molecule has 102 valence electrons. The Morgan fingerprint density at radius 2 is 2.05 bits per heavy atom. The van der Waals surface area contributed by atoms with Crippen molar-refractivity contribution in [1.29, 1.82) is 0 Å². The third-order valence-electron chi connectivity index (χ3n) is 3.26. The summed E-state index contributed by atoms with van der Waals surface area (Å²) in [6.07, 6.45) is 5.27. The predicted octanol–water partition coefficient (Wildman–Crippen LogP) is 3.10. The minimum absolute atomic E-state index is 0.611. The number of hydrogen-bond acceptors (Lipinski definition) is 5. The highest BCUT2D eigenvalue weighted by Crippen LogP contribution is 2.33. The van der Waals surface area contributed by atoms with E-state index < -0.39 is 0 Å². The quantitative estimate of drug-likeness (QED) is 0.616. The Hall–Kier alpha value is -2.73. The van der Waals surface area contributed by atoms with Gasteiger partial charge in [0.1, 0.15) is 11.5 Å². The van der Waals surface area contributed by atoms with Gasteiger partial charge in [-0.05, 0) is 24.3 Å². The maximum Gasteiger partial charge on any atom is 0.196 e. The molecule has 0 radical (unpaired) electrons. The molecule has 0 saturated carbocycles. The number of nitrogens with two attached hydrogens (primary N) is 1. The number of hydrogen-bond donors (Lipinski definition) is 1. The largest absolute Gasteiger partial charge is 0.383 e. The van der Waals surface area contributed by atoms with Gasteiger partial charge in [-0.25, -0.2) is 4.98 Å². The molecule has 21 heavy (non-hydrogen) atoms. The lowest BCUT2D eigenvalue weighted by Crippen LogP contribution is -1.96. The molecule has 5 nitrogen and oxygen atoms in total. The summed E-state index contributed by atoms with van der Waals surface area (Å²) in [5, 5.41) is 2.02. The summed E-state index contributed by atoms with van der Waals surface area (Å²) in [6, 6.07) is 9.65. The molecule has 6 heteroatoms. The van der Waals surface area contributed by atoms with Gasteiger partial charge in [-0.1, -0.05) is 6.07 Å². The van der Waals surface area contributed by atoms with Crippen LogP contribution >= 0.6 is 11.3 Å². The van der Waals surface area contributed by atoms with E-state index in [0.29, 0.717) is 5.82 Å². The average Bonchev–Trinajstić information content (AvgIpc) is 3.10. The summed E-state index contributed by atoms with van der Waals surface area (Å²) in [5.74, 6) is 0.611. The smallest absolute Gasteiger partial charge is 0.196 e. The lowest BCUT2D eigenvalue weighted by atomic mass is 10.2. The van der Waals surface area contributed by atoms with Crippen molar-refractivity contribution < 1.29 is 0 Å². The van der Waals surface area contributed by atoms with Gasteiger partial charge in [-0.15, -0.1) is 11.3 Å². The molecule has 0 spiro atoms. The lowest BCUT2D eigenvalue weighted by molar-refractivity contribution is 1.20. The topological polar surface area (TPSA) is 69.1 Å². The van der Waals surface area contributed by atoms with Crippen LogP contribution in [0.1, 0.15) is 0 Å². The lowest BCUT2D eigenvalue weighted by Gasteiger charge is -2.01. The van der Waals surface area contributed by atoms with Crippen molar-refractivity contribution in [3.05, 3.63) is 54.3 Å². The van der Waals surface area contributed by atoms with Crippen molar-refractivity contribution in [2.24, 2.45) is 0 Å². The molecule has 0 aromatic carbocycles. The third-order valence-corrected chi connectivity index (χ3v) is 4.09. The fraction of sp³-hybridized carbons (Fsp3) is 0. The van der Waals surface area contributed by atoms with Gasteiger partial charge in [0.15, 0.2) is 4.96 Å². The normalized spacial score (nSPS) is 11.0. The number of imidazole rings is 1. The zero-order valence-corrected chi connectivity index (χ0v) is 11.8. The fourth-order valence-corrected chi connectivity index (χ4v) is 3.18. The van der Waals surface area contributed by atoms with Crippen LogP contribution in [0, 0.1) is 0 Å². The Labute approximate surface area is 124 Å². The van der Waals surface area contributed by atoms with E-state index in [1.165, 1.54) is 0 Å². The molecule has 0 aliphatic heterocycles. The van der Waals surface area contributed by atoms with E-state index in [1.807, 2.05) is 40.1 Å². The summed E-state index contributed by atoms with van der Waals surface area (Å²) < 4.78 is 1.94. The number of thiazole rings is 1. The van der Waals surface area contributed by atoms with E-state index in [2.05, 4.69) is 15.0 Å². The maximum absolute atomic E-state index is 6.31. The number of rotatable bonds is 2. The highest BCUT2D eigenvalue weighted by molar-refractivity contribution is 7.15. The summed E-state index contributed by atoms with van der Waals surface area (Å²) >= 11 is 1.55. The first-order chi connectivity index (χ1) is 10.3. The van der Waals surface area contributed by atoms with Gasteiger partial charge >= 0.3 is 0 Å². The van der Waals surface area contributed by atoms with Crippen LogP contribution in [-0.2, 0) is 0 Å². The molecule has 4 aromatic rings.